The van der Waals surface area contributed by atoms with Crippen molar-refractivity contribution in [2.45, 2.75) is 6.42 Å². The highest BCUT2D eigenvalue weighted by Crippen LogP contribution is 2.02. The van der Waals surface area contributed by atoms with Crippen LogP contribution in [0.5, 0.6) is 0 Å². The highest BCUT2D eigenvalue weighted by atomic mass is 35.5. The molecule has 0 bridgehead atoms. The van der Waals surface area contributed by atoms with Crippen LogP contribution in [0.2, 0.25) is 0 Å². The van der Waals surface area contributed by atoms with Crippen LogP contribution in [-0.2, 0) is 0 Å². The summed E-state index contributed by atoms with van der Waals surface area (Å²) < 4.78 is 0. The Kier molecular flexibility index (Phi) is 5.14. The van der Waals surface area contributed by atoms with E-state index in [0.29, 0.717) is 5.69 Å². The Morgan fingerprint density at radius 3 is 2.94 bits per heavy atom. The van der Waals surface area contributed by atoms with Gasteiger partial charge in [-0.05, 0) is 13.0 Å². The molecule has 1 aromatic heterocycles. The SMILES string of the molecule is Cl.O=C(c1cnccn1)N1CCCNCC1. The molecule has 1 N–H and O–H groups in total. The van der Waals surface area contributed by atoms with Crippen LogP contribution in [0.15, 0.2) is 18.6 Å². The fourth-order valence-corrected chi connectivity index (χ4v) is 1.62. The summed E-state index contributed by atoms with van der Waals surface area (Å²) in [5.41, 5.74) is 0.430. The number of amides is 1. The Hall–Kier alpha value is -1.20. The molecular weight excluding hydrogens is 228 g/mol. The van der Waals surface area contributed by atoms with Crippen molar-refractivity contribution in [3.8, 4) is 0 Å². The standard InChI is InChI=1S/C10H14N4O.ClH/c15-10(9-8-12-3-4-13-9)14-6-1-2-11-5-7-14;/h3-4,8,11H,1-2,5-7H2;1H. The molecule has 6 heteroatoms. The highest BCUT2D eigenvalue weighted by Gasteiger charge is 2.17. The third-order valence-electron chi connectivity index (χ3n) is 2.41. The van der Waals surface area contributed by atoms with Gasteiger partial charge in [-0.15, -0.1) is 12.4 Å². The lowest BCUT2D eigenvalue weighted by Crippen LogP contribution is -2.34. The van der Waals surface area contributed by atoms with Crippen LogP contribution in [0.25, 0.3) is 0 Å². The molecule has 1 aromatic rings. The fraction of sp³-hybridized carbons (Fsp3) is 0.500. The molecule has 0 atom stereocenters. The van der Waals surface area contributed by atoms with Gasteiger partial charge in [-0.3, -0.25) is 9.78 Å². The van der Waals surface area contributed by atoms with Crippen LogP contribution in [0.3, 0.4) is 0 Å². The molecule has 2 rings (SSSR count). The van der Waals surface area contributed by atoms with Gasteiger partial charge in [0.15, 0.2) is 0 Å². The van der Waals surface area contributed by atoms with Gasteiger partial charge < -0.3 is 10.2 Å². The number of hydrogen-bond acceptors (Lipinski definition) is 4. The topological polar surface area (TPSA) is 58.1 Å². The third kappa shape index (κ3) is 3.15. The predicted molar refractivity (Wildman–Crippen MR) is 62.7 cm³/mol. The molecule has 1 fully saturated rings. The average Bonchev–Trinajstić information content (AvgIpc) is 2.58. The summed E-state index contributed by atoms with van der Waals surface area (Å²) in [6, 6.07) is 0. The van der Waals surface area contributed by atoms with Crippen molar-refractivity contribution in [2.24, 2.45) is 0 Å². The molecule has 16 heavy (non-hydrogen) atoms. The van der Waals surface area contributed by atoms with Gasteiger partial charge in [0.25, 0.3) is 5.91 Å². The Morgan fingerprint density at radius 2 is 2.19 bits per heavy atom. The number of aromatic nitrogens is 2. The van der Waals surface area contributed by atoms with Crippen LogP contribution in [0.1, 0.15) is 16.9 Å². The van der Waals surface area contributed by atoms with Gasteiger partial charge in [0, 0.05) is 32.0 Å². The van der Waals surface area contributed by atoms with Gasteiger partial charge in [0.2, 0.25) is 0 Å². The summed E-state index contributed by atoms with van der Waals surface area (Å²) in [7, 11) is 0. The molecule has 0 saturated carbocycles. The number of rotatable bonds is 1. The van der Waals surface area contributed by atoms with Crippen LogP contribution in [0, 0.1) is 0 Å². The van der Waals surface area contributed by atoms with E-state index in [1.807, 2.05) is 4.90 Å². The summed E-state index contributed by atoms with van der Waals surface area (Å²) in [5.74, 6) is -0.0215. The molecule has 5 nitrogen and oxygen atoms in total. The fourth-order valence-electron chi connectivity index (χ4n) is 1.62. The van der Waals surface area contributed by atoms with Gasteiger partial charge in [-0.2, -0.15) is 0 Å². The number of carbonyl (C=O) groups excluding carboxylic acids is 1. The largest absolute Gasteiger partial charge is 0.336 e. The van der Waals surface area contributed by atoms with Crippen molar-refractivity contribution in [1.82, 2.24) is 20.2 Å². The number of nitrogens with one attached hydrogen (secondary N) is 1. The van der Waals surface area contributed by atoms with Gasteiger partial charge in [-0.25, -0.2) is 4.98 Å². The molecule has 1 aliphatic rings. The first-order chi connectivity index (χ1) is 7.38. The summed E-state index contributed by atoms with van der Waals surface area (Å²) in [6.45, 7) is 3.37. The molecular formula is C10H15ClN4O. The molecule has 1 aliphatic heterocycles. The second-order valence-electron chi connectivity index (χ2n) is 3.49. The number of hydrogen-bond donors (Lipinski definition) is 1. The van der Waals surface area contributed by atoms with Gasteiger partial charge in [0.1, 0.15) is 5.69 Å². The summed E-state index contributed by atoms with van der Waals surface area (Å²) in [6.07, 6.45) is 5.62. The van der Waals surface area contributed by atoms with Gasteiger partial charge in [-0.1, -0.05) is 0 Å². The molecule has 0 aliphatic carbocycles. The van der Waals surface area contributed by atoms with Crippen molar-refractivity contribution in [2.75, 3.05) is 26.2 Å². The molecule has 0 radical (unpaired) electrons. The first-order valence-electron chi connectivity index (χ1n) is 5.14. The number of nitrogens with zero attached hydrogens (tertiary/aromatic N) is 3. The van der Waals surface area contributed by atoms with E-state index in [2.05, 4.69) is 15.3 Å². The van der Waals surface area contributed by atoms with E-state index >= 15 is 0 Å². The smallest absolute Gasteiger partial charge is 0.274 e. The first-order valence-corrected chi connectivity index (χ1v) is 5.14. The Balaban J connectivity index is 0.00000128. The average molecular weight is 243 g/mol. The quantitative estimate of drug-likeness (QED) is 0.771. The van der Waals surface area contributed by atoms with E-state index < -0.39 is 0 Å². The second kappa shape index (κ2) is 6.40. The number of carbonyl (C=O) groups is 1. The molecule has 0 unspecified atom stereocenters. The number of halogens is 1. The van der Waals surface area contributed by atoms with E-state index in [-0.39, 0.29) is 18.3 Å². The predicted octanol–water partition coefficient (Wildman–Crippen LogP) is 0.334. The maximum absolute atomic E-state index is 11.9. The third-order valence-corrected chi connectivity index (χ3v) is 2.41. The monoisotopic (exact) mass is 242 g/mol. The molecule has 0 spiro atoms. The first kappa shape index (κ1) is 12.9. The minimum absolute atomic E-state index is 0. The van der Waals surface area contributed by atoms with Crippen molar-refractivity contribution in [1.29, 1.82) is 0 Å². The van der Waals surface area contributed by atoms with E-state index in [1.165, 1.54) is 6.20 Å². The lowest BCUT2D eigenvalue weighted by atomic mass is 10.3. The van der Waals surface area contributed by atoms with E-state index in [1.54, 1.807) is 12.4 Å². The Morgan fingerprint density at radius 1 is 1.31 bits per heavy atom. The molecule has 1 amide bonds. The van der Waals surface area contributed by atoms with E-state index in [4.69, 9.17) is 0 Å². The minimum Gasteiger partial charge on any atom is -0.336 e. The minimum atomic E-state index is -0.0215. The van der Waals surface area contributed by atoms with Gasteiger partial charge >= 0.3 is 0 Å². The van der Waals surface area contributed by atoms with Crippen LogP contribution >= 0.6 is 12.4 Å². The maximum Gasteiger partial charge on any atom is 0.274 e. The van der Waals surface area contributed by atoms with E-state index in [0.717, 1.165) is 32.6 Å². The highest BCUT2D eigenvalue weighted by molar-refractivity contribution is 5.91. The second-order valence-corrected chi connectivity index (χ2v) is 3.49. The summed E-state index contributed by atoms with van der Waals surface area (Å²) in [4.78, 5) is 21.7. The van der Waals surface area contributed by atoms with Gasteiger partial charge in [0.05, 0.1) is 6.20 Å². The van der Waals surface area contributed by atoms with Crippen molar-refractivity contribution >= 4 is 18.3 Å². The molecule has 2 heterocycles. The summed E-state index contributed by atoms with van der Waals surface area (Å²) >= 11 is 0. The van der Waals surface area contributed by atoms with Crippen LogP contribution < -0.4 is 5.32 Å². The van der Waals surface area contributed by atoms with Crippen molar-refractivity contribution in [3.63, 3.8) is 0 Å². The Labute approximate surface area is 101 Å². The van der Waals surface area contributed by atoms with E-state index in [9.17, 15) is 4.79 Å². The lowest BCUT2D eigenvalue weighted by Gasteiger charge is -2.18. The summed E-state index contributed by atoms with van der Waals surface area (Å²) in [5, 5.41) is 3.25. The Bertz CT molecular complexity index is 325. The normalized spacial score (nSPS) is 16.1. The molecule has 1 saturated heterocycles. The van der Waals surface area contributed by atoms with Crippen molar-refractivity contribution in [3.05, 3.63) is 24.3 Å². The zero-order valence-corrected chi connectivity index (χ0v) is 9.74. The zero-order valence-electron chi connectivity index (χ0n) is 8.93. The van der Waals surface area contributed by atoms with Crippen LogP contribution in [0.4, 0.5) is 0 Å². The zero-order chi connectivity index (χ0) is 10.5. The molecule has 88 valence electrons. The maximum atomic E-state index is 11.9. The van der Waals surface area contributed by atoms with Crippen molar-refractivity contribution < 1.29 is 4.79 Å². The van der Waals surface area contributed by atoms with Crippen LogP contribution in [-0.4, -0.2) is 47.0 Å². The lowest BCUT2D eigenvalue weighted by molar-refractivity contribution is 0.0760. The molecule has 0 aromatic carbocycles.